The Bertz CT molecular complexity index is 1010. The van der Waals surface area contributed by atoms with Gasteiger partial charge in [-0.2, -0.15) is 5.10 Å². The Morgan fingerprint density at radius 3 is 2.56 bits per heavy atom. The van der Waals surface area contributed by atoms with E-state index in [0.717, 1.165) is 24.9 Å². The van der Waals surface area contributed by atoms with E-state index in [4.69, 9.17) is 0 Å². The second-order valence-electron chi connectivity index (χ2n) is 7.24. The van der Waals surface area contributed by atoms with Gasteiger partial charge < -0.3 is 4.90 Å². The first-order valence-electron chi connectivity index (χ1n) is 9.36. The van der Waals surface area contributed by atoms with Crippen LogP contribution >= 0.6 is 0 Å². The van der Waals surface area contributed by atoms with Crippen LogP contribution in [0.25, 0.3) is 16.7 Å². The second kappa shape index (κ2) is 6.98. The van der Waals surface area contributed by atoms with Crippen LogP contribution in [0, 0.1) is 0 Å². The minimum Gasteiger partial charge on any atom is -0.336 e. The van der Waals surface area contributed by atoms with Gasteiger partial charge in [-0.3, -0.25) is 14.2 Å². The standard InChI is InChI=1S/C20H23N5O2/c1-14-7-6-8-15(2)24(14)18(26)12-23-13-21-19-17(20(23)27)11-22-25(19)16-9-4-3-5-10-16/h3-5,9-11,13-15H,6-8,12H2,1-2H3. The number of amides is 1. The van der Waals surface area contributed by atoms with Gasteiger partial charge in [0.15, 0.2) is 5.65 Å². The molecule has 1 saturated heterocycles. The predicted octanol–water partition coefficient (Wildman–Crippen LogP) is 2.37. The molecule has 0 saturated carbocycles. The lowest BCUT2D eigenvalue weighted by molar-refractivity contribution is -0.138. The highest BCUT2D eigenvalue weighted by Crippen LogP contribution is 2.22. The van der Waals surface area contributed by atoms with Crippen molar-refractivity contribution in [2.75, 3.05) is 0 Å². The number of aromatic nitrogens is 4. The van der Waals surface area contributed by atoms with Crippen molar-refractivity contribution in [3.05, 3.63) is 53.2 Å². The molecule has 140 valence electrons. The van der Waals surface area contributed by atoms with Crippen LogP contribution < -0.4 is 5.56 Å². The van der Waals surface area contributed by atoms with Gasteiger partial charge in [-0.1, -0.05) is 18.2 Å². The smallest absolute Gasteiger partial charge is 0.264 e. The van der Waals surface area contributed by atoms with E-state index in [1.165, 1.54) is 17.1 Å². The van der Waals surface area contributed by atoms with E-state index in [-0.39, 0.29) is 30.1 Å². The van der Waals surface area contributed by atoms with Gasteiger partial charge in [0, 0.05) is 12.1 Å². The predicted molar refractivity (Wildman–Crippen MR) is 103 cm³/mol. The van der Waals surface area contributed by atoms with Gasteiger partial charge in [0.2, 0.25) is 5.91 Å². The van der Waals surface area contributed by atoms with Gasteiger partial charge in [0.1, 0.15) is 18.3 Å². The zero-order valence-electron chi connectivity index (χ0n) is 15.6. The van der Waals surface area contributed by atoms with E-state index in [2.05, 4.69) is 23.9 Å². The number of para-hydroxylation sites is 1. The molecule has 0 bridgehead atoms. The molecular weight excluding hydrogens is 342 g/mol. The third-order valence-electron chi connectivity index (χ3n) is 5.34. The molecule has 7 heteroatoms. The highest BCUT2D eigenvalue weighted by Gasteiger charge is 2.29. The number of benzene rings is 1. The normalized spacial score (nSPS) is 20.1. The third-order valence-corrected chi connectivity index (χ3v) is 5.34. The molecule has 0 spiro atoms. The summed E-state index contributed by atoms with van der Waals surface area (Å²) in [6, 6.07) is 9.95. The summed E-state index contributed by atoms with van der Waals surface area (Å²) >= 11 is 0. The van der Waals surface area contributed by atoms with Crippen LogP contribution in [-0.4, -0.2) is 42.2 Å². The number of hydrogen-bond acceptors (Lipinski definition) is 4. The van der Waals surface area contributed by atoms with E-state index in [0.29, 0.717) is 11.0 Å². The van der Waals surface area contributed by atoms with E-state index >= 15 is 0 Å². The quantitative estimate of drug-likeness (QED) is 0.714. The summed E-state index contributed by atoms with van der Waals surface area (Å²) in [5.74, 6) is -0.0339. The summed E-state index contributed by atoms with van der Waals surface area (Å²) in [5.41, 5.74) is 1.09. The van der Waals surface area contributed by atoms with Gasteiger partial charge in [0.25, 0.3) is 5.56 Å². The number of carbonyl (C=O) groups is 1. The largest absolute Gasteiger partial charge is 0.336 e. The van der Waals surface area contributed by atoms with Crippen LogP contribution in [-0.2, 0) is 11.3 Å². The first-order chi connectivity index (χ1) is 13.1. The highest BCUT2D eigenvalue weighted by molar-refractivity contribution is 5.78. The fourth-order valence-corrected chi connectivity index (χ4v) is 3.96. The van der Waals surface area contributed by atoms with Crippen molar-refractivity contribution in [2.45, 2.75) is 51.7 Å². The topological polar surface area (TPSA) is 73.0 Å². The number of carbonyl (C=O) groups excluding carboxylic acids is 1. The summed E-state index contributed by atoms with van der Waals surface area (Å²) in [4.78, 5) is 32.0. The van der Waals surface area contributed by atoms with Crippen LogP contribution in [0.15, 0.2) is 47.7 Å². The van der Waals surface area contributed by atoms with E-state index in [9.17, 15) is 9.59 Å². The second-order valence-corrected chi connectivity index (χ2v) is 7.24. The Balaban J connectivity index is 1.65. The van der Waals surface area contributed by atoms with E-state index in [1.54, 1.807) is 4.68 Å². The van der Waals surface area contributed by atoms with E-state index < -0.39 is 0 Å². The molecule has 1 aliphatic rings. The number of hydrogen-bond donors (Lipinski definition) is 0. The Labute approximate surface area is 157 Å². The Morgan fingerprint density at radius 2 is 1.85 bits per heavy atom. The highest BCUT2D eigenvalue weighted by atomic mass is 16.2. The summed E-state index contributed by atoms with van der Waals surface area (Å²) in [5, 5.41) is 4.72. The van der Waals surface area contributed by atoms with Crippen molar-refractivity contribution >= 4 is 16.9 Å². The zero-order chi connectivity index (χ0) is 19.0. The molecule has 2 unspecified atom stereocenters. The van der Waals surface area contributed by atoms with Gasteiger partial charge in [0.05, 0.1) is 11.9 Å². The maximum atomic E-state index is 12.9. The van der Waals surface area contributed by atoms with Gasteiger partial charge in [-0.15, -0.1) is 0 Å². The fraction of sp³-hybridized carbons (Fsp3) is 0.400. The first-order valence-corrected chi connectivity index (χ1v) is 9.36. The molecule has 0 N–H and O–H groups in total. The summed E-state index contributed by atoms with van der Waals surface area (Å²) in [7, 11) is 0. The number of piperidine rings is 1. The van der Waals surface area contributed by atoms with Crippen LogP contribution in [0.3, 0.4) is 0 Å². The van der Waals surface area contributed by atoms with Gasteiger partial charge >= 0.3 is 0 Å². The molecule has 0 aliphatic carbocycles. The first kappa shape index (κ1) is 17.5. The van der Waals surface area contributed by atoms with Crippen molar-refractivity contribution < 1.29 is 4.79 Å². The SMILES string of the molecule is CC1CCCC(C)N1C(=O)Cn1cnc2c(cnn2-c2ccccc2)c1=O. The molecular formula is C20H23N5O2. The number of fused-ring (bicyclic) bond motifs is 1. The van der Waals surface area contributed by atoms with E-state index in [1.807, 2.05) is 35.2 Å². The lowest BCUT2D eigenvalue weighted by Gasteiger charge is -2.39. The van der Waals surface area contributed by atoms with Crippen LogP contribution in [0.2, 0.25) is 0 Å². The van der Waals surface area contributed by atoms with Crippen LogP contribution in [0.4, 0.5) is 0 Å². The minimum atomic E-state index is -0.243. The molecule has 3 heterocycles. The molecule has 4 rings (SSSR count). The average Bonchev–Trinajstić information content (AvgIpc) is 3.09. The summed E-state index contributed by atoms with van der Waals surface area (Å²) < 4.78 is 3.02. The Kier molecular flexibility index (Phi) is 4.51. The summed E-state index contributed by atoms with van der Waals surface area (Å²) in [6.45, 7) is 4.15. The molecule has 2 atom stereocenters. The van der Waals surface area contributed by atoms with Crippen molar-refractivity contribution in [1.82, 2.24) is 24.2 Å². The third kappa shape index (κ3) is 3.13. The zero-order valence-corrected chi connectivity index (χ0v) is 15.6. The van der Waals surface area contributed by atoms with Crippen molar-refractivity contribution in [2.24, 2.45) is 0 Å². The van der Waals surface area contributed by atoms with Crippen LogP contribution in [0.5, 0.6) is 0 Å². The van der Waals surface area contributed by atoms with Crippen molar-refractivity contribution in [3.63, 3.8) is 0 Å². The Morgan fingerprint density at radius 1 is 1.15 bits per heavy atom. The fourth-order valence-electron chi connectivity index (χ4n) is 3.96. The lowest BCUT2D eigenvalue weighted by Crippen LogP contribution is -2.49. The Hall–Kier alpha value is -2.96. The molecule has 0 radical (unpaired) electrons. The molecule has 1 amide bonds. The van der Waals surface area contributed by atoms with Crippen molar-refractivity contribution in [1.29, 1.82) is 0 Å². The van der Waals surface area contributed by atoms with Crippen LogP contribution in [0.1, 0.15) is 33.1 Å². The number of rotatable bonds is 3. The molecule has 1 aliphatic heterocycles. The maximum Gasteiger partial charge on any atom is 0.264 e. The van der Waals surface area contributed by atoms with Gasteiger partial charge in [-0.25, -0.2) is 9.67 Å². The number of nitrogens with zero attached hydrogens (tertiary/aromatic N) is 5. The summed E-state index contributed by atoms with van der Waals surface area (Å²) in [6.07, 6.45) is 6.12. The molecule has 1 fully saturated rings. The maximum absolute atomic E-state index is 12.9. The van der Waals surface area contributed by atoms with Crippen molar-refractivity contribution in [3.8, 4) is 5.69 Å². The molecule has 1 aromatic carbocycles. The molecule has 27 heavy (non-hydrogen) atoms. The monoisotopic (exact) mass is 365 g/mol. The molecule has 2 aromatic heterocycles. The molecule has 7 nitrogen and oxygen atoms in total. The average molecular weight is 365 g/mol. The lowest BCUT2D eigenvalue weighted by atomic mass is 9.97. The minimum absolute atomic E-state index is 0.00691. The molecule has 3 aromatic rings. The van der Waals surface area contributed by atoms with Gasteiger partial charge in [-0.05, 0) is 45.2 Å². The number of likely N-dealkylation sites (tertiary alicyclic amines) is 1.